The van der Waals surface area contributed by atoms with Crippen molar-refractivity contribution in [1.29, 1.82) is 0 Å². The Labute approximate surface area is 114 Å². The summed E-state index contributed by atoms with van der Waals surface area (Å²) in [7, 11) is 0. The van der Waals surface area contributed by atoms with E-state index < -0.39 is 11.7 Å². The van der Waals surface area contributed by atoms with Crippen LogP contribution in [-0.2, 0) is 4.74 Å². The SMILES string of the molecule is O=C(NC1[C@H]2COC[C@@H]12)c1cc2nccnc2cc1F. The Morgan fingerprint density at radius 3 is 2.55 bits per heavy atom. The minimum atomic E-state index is -0.572. The topological polar surface area (TPSA) is 64.1 Å². The van der Waals surface area contributed by atoms with Crippen molar-refractivity contribution in [2.45, 2.75) is 6.04 Å². The molecule has 0 bridgehead atoms. The molecule has 1 aliphatic heterocycles. The molecule has 5 nitrogen and oxygen atoms in total. The lowest BCUT2D eigenvalue weighted by atomic mass is 10.1. The summed E-state index contributed by atoms with van der Waals surface area (Å²) in [6, 6.07) is 2.81. The van der Waals surface area contributed by atoms with E-state index in [0.717, 1.165) is 0 Å². The van der Waals surface area contributed by atoms with E-state index in [-0.39, 0.29) is 11.6 Å². The minimum Gasteiger partial charge on any atom is -0.381 e. The number of nitrogens with zero attached hydrogens (tertiary/aromatic N) is 2. The summed E-state index contributed by atoms with van der Waals surface area (Å²) >= 11 is 0. The summed E-state index contributed by atoms with van der Waals surface area (Å²) in [5.74, 6) is -0.184. The van der Waals surface area contributed by atoms with Crippen LogP contribution < -0.4 is 5.32 Å². The first kappa shape index (κ1) is 11.7. The molecule has 1 aliphatic carbocycles. The highest BCUT2D eigenvalue weighted by molar-refractivity contribution is 5.97. The van der Waals surface area contributed by atoms with Crippen LogP contribution >= 0.6 is 0 Å². The predicted molar refractivity (Wildman–Crippen MR) is 68.5 cm³/mol. The Balaban J connectivity index is 1.61. The third kappa shape index (κ3) is 1.76. The van der Waals surface area contributed by atoms with E-state index in [1.165, 1.54) is 24.5 Å². The van der Waals surface area contributed by atoms with Gasteiger partial charge in [-0.3, -0.25) is 14.8 Å². The van der Waals surface area contributed by atoms with Crippen LogP contribution in [0.3, 0.4) is 0 Å². The fourth-order valence-electron chi connectivity index (χ4n) is 2.84. The molecule has 1 N–H and O–H groups in total. The number of amides is 1. The van der Waals surface area contributed by atoms with Gasteiger partial charge in [-0.1, -0.05) is 0 Å². The molecule has 3 atom stereocenters. The predicted octanol–water partition coefficient (Wildman–Crippen LogP) is 1.14. The molecule has 1 saturated heterocycles. The molecule has 6 heteroatoms. The number of ether oxygens (including phenoxy) is 1. The lowest BCUT2D eigenvalue weighted by molar-refractivity contribution is 0.0925. The number of rotatable bonds is 2. The van der Waals surface area contributed by atoms with Gasteiger partial charge in [0.05, 0.1) is 29.8 Å². The molecule has 2 heterocycles. The molecule has 2 aromatic rings. The number of halogens is 1. The Morgan fingerprint density at radius 1 is 1.20 bits per heavy atom. The third-order valence-corrected chi connectivity index (χ3v) is 4.05. The van der Waals surface area contributed by atoms with Gasteiger partial charge in [0, 0.05) is 36.3 Å². The van der Waals surface area contributed by atoms with Crippen LogP contribution in [0.1, 0.15) is 10.4 Å². The first-order valence-corrected chi connectivity index (χ1v) is 6.53. The van der Waals surface area contributed by atoms with Crippen LogP contribution in [0, 0.1) is 17.7 Å². The van der Waals surface area contributed by atoms with Gasteiger partial charge in [0.25, 0.3) is 5.91 Å². The number of carbonyl (C=O) groups is 1. The molecule has 4 rings (SSSR count). The maximum Gasteiger partial charge on any atom is 0.254 e. The summed E-state index contributed by atoms with van der Waals surface area (Å²) in [4.78, 5) is 20.3. The van der Waals surface area contributed by atoms with Gasteiger partial charge in [0.2, 0.25) is 0 Å². The second kappa shape index (κ2) is 4.21. The largest absolute Gasteiger partial charge is 0.381 e. The van der Waals surface area contributed by atoms with Crippen molar-refractivity contribution in [3.05, 3.63) is 35.9 Å². The minimum absolute atomic E-state index is 0.0175. The van der Waals surface area contributed by atoms with Crippen LogP contribution in [0.4, 0.5) is 4.39 Å². The molecule has 0 spiro atoms. The smallest absolute Gasteiger partial charge is 0.254 e. The number of fused-ring (bicyclic) bond motifs is 2. The molecular weight excluding hydrogens is 261 g/mol. The number of nitrogens with one attached hydrogen (secondary N) is 1. The van der Waals surface area contributed by atoms with Crippen molar-refractivity contribution < 1.29 is 13.9 Å². The van der Waals surface area contributed by atoms with Gasteiger partial charge < -0.3 is 10.1 Å². The van der Waals surface area contributed by atoms with Gasteiger partial charge in [-0.15, -0.1) is 0 Å². The van der Waals surface area contributed by atoms with Crippen molar-refractivity contribution in [2.24, 2.45) is 11.8 Å². The lowest BCUT2D eigenvalue weighted by Gasteiger charge is -2.08. The molecule has 102 valence electrons. The van der Waals surface area contributed by atoms with E-state index in [9.17, 15) is 9.18 Å². The van der Waals surface area contributed by atoms with E-state index >= 15 is 0 Å². The summed E-state index contributed by atoms with van der Waals surface area (Å²) in [5, 5.41) is 2.87. The number of carbonyl (C=O) groups excluding carboxylic acids is 1. The highest BCUT2D eigenvalue weighted by atomic mass is 19.1. The summed E-state index contributed by atoms with van der Waals surface area (Å²) in [5.41, 5.74) is 0.973. The zero-order valence-corrected chi connectivity index (χ0v) is 10.5. The van der Waals surface area contributed by atoms with Crippen molar-refractivity contribution in [2.75, 3.05) is 13.2 Å². The fourth-order valence-corrected chi connectivity index (χ4v) is 2.84. The highest BCUT2D eigenvalue weighted by Crippen LogP contribution is 2.44. The normalized spacial score (nSPS) is 27.4. The van der Waals surface area contributed by atoms with Gasteiger partial charge in [0.15, 0.2) is 0 Å². The van der Waals surface area contributed by atoms with E-state index in [2.05, 4.69) is 15.3 Å². The lowest BCUT2D eigenvalue weighted by Crippen LogP contribution is -2.30. The molecule has 1 amide bonds. The van der Waals surface area contributed by atoms with E-state index in [1.54, 1.807) is 0 Å². The summed E-state index contributed by atoms with van der Waals surface area (Å²) < 4.78 is 19.2. The van der Waals surface area contributed by atoms with E-state index in [0.29, 0.717) is 36.1 Å². The Hall–Kier alpha value is -2.08. The Morgan fingerprint density at radius 2 is 1.85 bits per heavy atom. The standard InChI is InChI=1S/C14H12FN3O2/c15-10-4-12-11(16-1-2-17-12)3-7(10)14(19)18-13-8-5-20-6-9(8)13/h1-4,8-9,13H,5-6H2,(H,18,19)/t8-,9+,13?. The van der Waals surface area contributed by atoms with Crippen molar-refractivity contribution in [3.63, 3.8) is 0 Å². The first-order valence-electron chi connectivity index (χ1n) is 6.53. The maximum atomic E-state index is 14.0. The van der Waals surface area contributed by atoms with Gasteiger partial charge in [-0.05, 0) is 6.07 Å². The quantitative estimate of drug-likeness (QED) is 0.891. The van der Waals surface area contributed by atoms with Crippen LogP contribution in [0.25, 0.3) is 11.0 Å². The van der Waals surface area contributed by atoms with Crippen LogP contribution in [0.2, 0.25) is 0 Å². The fraction of sp³-hybridized carbons (Fsp3) is 0.357. The Kier molecular flexibility index (Phi) is 2.47. The highest BCUT2D eigenvalue weighted by Gasteiger charge is 2.54. The number of hydrogen-bond acceptors (Lipinski definition) is 4. The average Bonchev–Trinajstić information content (AvgIpc) is 2.87. The molecule has 2 aliphatic rings. The first-order chi connectivity index (χ1) is 9.74. The van der Waals surface area contributed by atoms with Crippen LogP contribution in [-0.4, -0.2) is 35.1 Å². The third-order valence-electron chi connectivity index (χ3n) is 4.05. The Bertz CT molecular complexity index is 696. The zero-order chi connectivity index (χ0) is 13.7. The van der Waals surface area contributed by atoms with Gasteiger partial charge in [-0.25, -0.2) is 4.39 Å². The van der Waals surface area contributed by atoms with E-state index in [4.69, 9.17) is 4.74 Å². The maximum absolute atomic E-state index is 14.0. The van der Waals surface area contributed by atoms with Gasteiger partial charge in [0.1, 0.15) is 5.82 Å². The molecule has 2 fully saturated rings. The van der Waals surface area contributed by atoms with Gasteiger partial charge in [-0.2, -0.15) is 0 Å². The van der Waals surface area contributed by atoms with Crippen molar-refractivity contribution >= 4 is 16.9 Å². The summed E-state index contributed by atoms with van der Waals surface area (Å²) in [6.07, 6.45) is 3.01. The second-order valence-corrected chi connectivity index (χ2v) is 5.24. The number of hydrogen-bond donors (Lipinski definition) is 1. The van der Waals surface area contributed by atoms with Crippen molar-refractivity contribution in [1.82, 2.24) is 15.3 Å². The zero-order valence-electron chi connectivity index (χ0n) is 10.5. The molecular formula is C14H12FN3O2. The van der Waals surface area contributed by atoms with Crippen LogP contribution in [0.15, 0.2) is 24.5 Å². The van der Waals surface area contributed by atoms with E-state index in [1.807, 2.05) is 0 Å². The monoisotopic (exact) mass is 273 g/mol. The average molecular weight is 273 g/mol. The second-order valence-electron chi connectivity index (χ2n) is 5.24. The van der Waals surface area contributed by atoms with Crippen molar-refractivity contribution in [3.8, 4) is 0 Å². The molecule has 20 heavy (non-hydrogen) atoms. The molecule has 0 radical (unpaired) electrons. The molecule has 1 aromatic carbocycles. The molecule has 1 saturated carbocycles. The molecule has 1 unspecified atom stereocenters. The molecule has 1 aromatic heterocycles. The summed E-state index contributed by atoms with van der Waals surface area (Å²) in [6.45, 7) is 1.36. The number of aromatic nitrogens is 2. The number of benzene rings is 1. The van der Waals surface area contributed by atoms with Crippen LogP contribution in [0.5, 0.6) is 0 Å². The van der Waals surface area contributed by atoms with Gasteiger partial charge >= 0.3 is 0 Å².